The van der Waals surface area contributed by atoms with Gasteiger partial charge in [-0.1, -0.05) is 0 Å². The maximum Gasteiger partial charge on any atom is 0.235 e. The summed E-state index contributed by atoms with van der Waals surface area (Å²) in [6.45, 7) is 0. The molecule has 0 bridgehead atoms. The van der Waals surface area contributed by atoms with Crippen LogP contribution in [0.4, 0.5) is 17.6 Å². The predicted molar refractivity (Wildman–Crippen MR) is 68.5 cm³/mol. The second-order valence-corrected chi connectivity index (χ2v) is 3.82. The Morgan fingerprint density at radius 3 is 2.44 bits per heavy atom. The van der Waals surface area contributed by atoms with E-state index < -0.39 is 0 Å². The molecule has 0 amide bonds. The van der Waals surface area contributed by atoms with Crippen molar-refractivity contribution < 1.29 is 0 Å². The minimum Gasteiger partial charge on any atom is -0.368 e. The fraction of sp³-hybridized carbons (Fsp3) is 0.0909. The van der Waals surface area contributed by atoms with E-state index in [4.69, 9.17) is 22.6 Å². The van der Waals surface area contributed by atoms with Crippen LogP contribution in [-0.4, -0.2) is 22.0 Å². The molecule has 2 aromatic rings. The number of benzene rings is 1. The molecule has 1 aromatic carbocycles. The molecule has 0 saturated heterocycles. The zero-order valence-corrected chi connectivity index (χ0v) is 10.3. The molecule has 0 saturated carbocycles. The average Bonchev–Trinajstić information content (AvgIpc) is 2.37. The summed E-state index contributed by atoms with van der Waals surface area (Å²) in [6.07, 6.45) is 0. The van der Waals surface area contributed by atoms with Crippen LogP contribution < -0.4 is 10.6 Å². The first kappa shape index (κ1) is 12.1. The molecular weight excluding hydrogens is 252 g/mol. The normalized spacial score (nSPS) is 9.83. The summed E-state index contributed by atoms with van der Waals surface area (Å²) in [4.78, 5) is 13.4. The summed E-state index contributed by atoms with van der Waals surface area (Å²) in [5, 5.41) is 8.77. The molecule has 6 nitrogen and oxygen atoms in total. The first-order valence-corrected chi connectivity index (χ1v) is 5.39. The Morgan fingerprint density at radius 1 is 1.22 bits per heavy atom. The van der Waals surface area contributed by atoms with Gasteiger partial charge in [-0.15, -0.1) is 0 Å². The van der Waals surface area contributed by atoms with E-state index in [1.165, 1.54) is 0 Å². The number of nitrogens with two attached hydrogens (primary N) is 1. The Kier molecular flexibility index (Phi) is 3.26. The van der Waals surface area contributed by atoms with Crippen LogP contribution in [0.3, 0.4) is 0 Å². The molecule has 1 heterocycles. The van der Waals surface area contributed by atoms with Crippen molar-refractivity contribution in [3.05, 3.63) is 35.1 Å². The second kappa shape index (κ2) is 4.85. The van der Waals surface area contributed by atoms with Gasteiger partial charge in [-0.2, -0.15) is 20.2 Å². The number of aromatic nitrogens is 3. The van der Waals surface area contributed by atoms with Gasteiger partial charge >= 0.3 is 0 Å². The quantitative estimate of drug-likeness (QED) is 0.884. The van der Waals surface area contributed by atoms with E-state index in [-0.39, 0.29) is 11.2 Å². The maximum atomic E-state index is 8.73. The van der Waals surface area contributed by atoms with Crippen molar-refractivity contribution in [1.82, 2.24) is 15.0 Å². The molecule has 7 heteroatoms. The van der Waals surface area contributed by atoms with Crippen LogP contribution >= 0.6 is 11.6 Å². The Bertz CT molecular complexity index is 584. The van der Waals surface area contributed by atoms with E-state index in [2.05, 4.69) is 21.0 Å². The van der Waals surface area contributed by atoms with E-state index in [0.717, 1.165) is 5.69 Å². The Labute approximate surface area is 109 Å². The lowest BCUT2D eigenvalue weighted by molar-refractivity contribution is 0.996. The number of halogens is 1. The van der Waals surface area contributed by atoms with Gasteiger partial charge in [0.15, 0.2) is 0 Å². The molecule has 0 unspecified atom stereocenters. The maximum absolute atomic E-state index is 8.73. The average molecular weight is 261 g/mol. The molecule has 0 aliphatic rings. The third-order valence-electron chi connectivity index (χ3n) is 2.30. The van der Waals surface area contributed by atoms with Crippen molar-refractivity contribution in [3.63, 3.8) is 0 Å². The number of hydrogen-bond acceptors (Lipinski definition) is 6. The molecule has 0 spiro atoms. The SMILES string of the molecule is CN(c1ccc(C#N)cc1)c1nc(N)nc(Cl)n1. The van der Waals surface area contributed by atoms with Gasteiger partial charge in [0, 0.05) is 12.7 Å². The molecule has 0 atom stereocenters. The van der Waals surface area contributed by atoms with Gasteiger partial charge < -0.3 is 10.6 Å². The minimum atomic E-state index is 0.0398. The number of anilines is 3. The largest absolute Gasteiger partial charge is 0.368 e. The van der Waals surface area contributed by atoms with Gasteiger partial charge in [0.1, 0.15) is 0 Å². The smallest absolute Gasteiger partial charge is 0.235 e. The van der Waals surface area contributed by atoms with E-state index in [9.17, 15) is 0 Å². The lowest BCUT2D eigenvalue weighted by Crippen LogP contribution is -2.14. The lowest BCUT2D eigenvalue weighted by Gasteiger charge is -2.17. The van der Waals surface area contributed by atoms with Gasteiger partial charge in [0.2, 0.25) is 17.2 Å². The van der Waals surface area contributed by atoms with Crippen LogP contribution in [0.2, 0.25) is 5.28 Å². The fourth-order valence-corrected chi connectivity index (χ4v) is 1.54. The molecule has 2 N–H and O–H groups in total. The highest BCUT2D eigenvalue weighted by atomic mass is 35.5. The van der Waals surface area contributed by atoms with E-state index in [0.29, 0.717) is 11.5 Å². The summed E-state index contributed by atoms with van der Waals surface area (Å²) < 4.78 is 0. The minimum absolute atomic E-state index is 0.0398. The highest BCUT2D eigenvalue weighted by molar-refractivity contribution is 6.28. The number of hydrogen-bond donors (Lipinski definition) is 1. The first-order valence-electron chi connectivity index (χ1n) is 5.01. The monoisotopic (exact) mass is 260 g/mol. The van der Waals surface area contributed by atoms with Gasteiger partial charge in [0.05, 0.1) is 11.6 Å². The first-order chi connectivity index (χ1) is 8.60. The highest BCUT2D eigenvalue weighted by Gasteiger charge is 2.09. The van der Waals surface area contributed by atoms with Crippen molar-refractivity contribution in [2.24, 2.45) is 0 Å². The molecule has 1 aromatic heterocycles. The summed E-state index contributed by atoms with van der Waals surface area (Å²) in [7, 11) is 1.77. The van der Waals surface area contributed by atoms with Crippen molar-refractivity contribution in [2.45, 2.75) is 0 Å². The van der Waals surface area contributed by atoms with E-state index >= 15 is 0 Å². The van der Waals surface area contributed by atoms with Gasteiger partial charge in [0.25, 0.3) is 0 Å². The molecule has 0 fully saturated rings. The van der Waals surface area contributed by atoms with Crippen LogP contribution in [0.5, 0.6) is 0 Å². The third-order valence-corrected chi connectivity index (χ3v) is 2.47. The van der Waals surface area contributed by atoms with Crippen LogP contribution in [0.1, 0.15) is 5.56 Å². The van der Waals surface area contributed by atoms with Gasteiger partial charge in [-0.25, -0.2) is 0 Å². The lowest BCUT2D eigenvalue weighted by atomic mass is 10.2. The van der Waals surface area contributed by atoms with Crippen molar-refractivity contribution >= 4 is 29.2 Å². The van der Waals surface area contributed by atoms with Crippen molar-refractivity contribution in [3.8, 4) is 6.07 Å². The van der Waals surface area contributed by atoms with Crippen LogP contribution in [0, 0.1) is 11.3 Å². The number of rotatable bonds is 2. The summed E-state index contributed by atoms with van der Waals surface area (Å²) in [5.74, 6) is 0.405. The van der Waals surface area contributed by atoms with Crippen LogP contribution in [0.15, 0.2) is 24.3 Å². The number of nitrogens with zero attached hydrogens (tertiary/aromatic N) is 5. The van der Waals surface area contributed by atoms with Crippen molar-refractivity contribution in [1.29, 1.82) is 5.26 Å². The number of nitrogen functional groups attached to an aromatic ring is 1. The van der Waals surface area contributed by atoms with E-state index in [1.54, 1.807) is 36.2 Å². The molecule has 18 heavy (non-hydrogen) atoms. The Balaban J connectivity index is 2.35. The van der Waals surface area contributed by atoms with Crippen molar-refractivity contribution in [2.75, 3.05) is 17.7 Å². The molecule has 0 aliphatic heterocycles. The summed E-state index contributed by atoms with van der Waals surface area (Å²) in [6, 6.07) is 9.03. The summed E-state index contributed by atoms with van der Waals surface area (Å²) in [5.41, 5.74) is 6.90. The zero-order valence-electron chi connectivity index (χ0n) is 9.50. The topological polar surface area (TPSA) is 91.7 Å². The Morgan fingerprint density at radius 2 is 1.89 bits per heavy atom. The molecule has 0 radical (unpaired) electrons. The zero-order chi connectivity index (χ0) is 13.1. The standard InChI is InChI=1S/C11H9ClN6/c1-18(8-4-2-7(6-13)3-5-8)11-16-9(12)15-10(14)17-11/h2-5H,1H3,(H2,14,15,16,17). The molecule has 90 valence electrons. The molecular formula is C11H9ClN6. The third kappa shape index (κ3) is 2.47. The number of nitriles is 1. The second-order valence-electron chi connectivity index (χ2n) is 3.48. The Hall–Kier alpha value is -2.39. The highest BCUT2D eigenvalue weighted by Crippen LogP contribution is 2.21. The molecule has 2 rings (SSSR count). The predicted octanol–water partition coefficient (Wildman–Crippen LogP) is 1.75. The summed E-state index contributed by atoms with van der Waals surface area (Å²) >= 11 is 5.72. The van der Waals surface area contributed by atoms with Crippen LogP contribution in [-0.2, 0) is 0 Å². The fourth-order valence-electron chi connectivity index (χ4n) is 1.38. The van der Waals surface area contributed by atoms with Crippen LogP contribution in [0.25, 0.3) is 0 Å². The van der Waals surface area contributed by atoms with Gasteiger partial charge in [-0.05, 0) is 35.9 Å². The molecule has 0 aliphatic carbocycles. The van der Waals surface area contributed by atoms with E-state index in [1.807, 2.05) is 0 Å². The van der Waals surface area contributed by atoms with Gasteiger partial charge in [-0.3, -0.25) is 0 Å².